The first-order valence-corrected chi connectivity index (χ1v) is 10.6. The first-order valence-electron chi connectivity index (χ1n) is 10.6. The van der Waals surface area contributed by atoms with Crippen molar-refractivity contribution < 1.29 is 22.4 Å². The molecule has 0 saturated carbocycles. The molecule has 4 nitrogen and oxygen atoms in total. The van der Waals surface area contributed by atoms with Crippen LogP contribution in [0.15, 0.2) is 77.2 Å². The van der Waals surface area contributed by atoms with Crippen molar-refractivity contribution >= 4 is 16.9 Å². The Morgan fingerprint density at radius 1 is 0.970 bits per heavy atom. The number of hydrogen-bond acceptors (Lipinski definition) is 3. The fourth-order valence-corrected chi connectivity index (χ4v) is 3.75. The molecule has 1 aromatic heterocycles. The van der Waals surface area contributed by atoms with E-state index in [1.165, 1.54) is 6.07 Å². The molecule has 0 aliphatic rings. The molecule has 3 N–H and O–H groups in total. The number of alkyl halides is 3. The van der Waals surface area contributed by atoms with Crippen LogP contribution in [0.4, 0.5) is 13.2 Å². The lowest BCUT2D eigenvalue weighted by Crippen LogP contribution is -2.25. The zero-order chi connectivity index (χ0) is 23.4. The Morgan fingerprint density at radius 3 is 2.55 bits per heavy atom. The second-order valence-electron chi connectivity index (χ2n) is 7.78. The molecule has 0 aliphatic heterocycles. The Balaban J connectivity index is 1.63. The molecule has 1 amide bonds. The summed E-state index contributed by atoms with van der Waals surface area (Å²) in [5.41, 5.74) is 8.20. The SMILES string of the molecule is NCCCNC(=O)c1cccc(-c2cccc3oc(Cc4cccc(C(F)(F)F)c4)cc23)c1. The molecule has 0 unspecified atom stereocenters. The molecule has 0 fully saturated rings. The smallest absolute Gasteiger partial charge is 0.416 e. The Morgan fingerprint density at radius 2 is 1.76 bits per heavy atom. The van der Waals surface area contributed by atoms with E-state index in [0.29, 0.717) is 42.0 Å². The zero-order valence-electron chi connectivity index (χ0n) is 17.8. The maximum absolute atomic E-state index is 13.0. The molecule has 0 aliphatic carbocycles. The average Bonchev–Trinajstić information content (AvgIpc) is 3.21. The van der Waals surface area contributed by atoms with Crippen molar-refractivity contribution in [3.05, 3.63) is 95.2 Å². The highest BCUT2D eigenvalue weighted by molar-refractivity contribution is 5.98. The fourth-order valence-electron chi connectivity index (χ4n) is 3.75. The van der Waals surface area contributed by atoms with Crippen LogP contribution in [0.2, 0.25) is 0 Å². The van der Waals surface area contributed by atoms with Gasteiger partial charge in [-0.05, 0) is 60.0 Å². The molecule has 0 atom stereocenters. The van der Waals surface area contributed by atoms with Crippen LogP contribution < -0.4 is 11.1 Å². The van der Waals surface area contributed by atoms with Gasteiger partial charge in [-0.3, -0.25) is 4.79 Å². The van der Waals surface area contributed by atoms with Gasteiger partial charge in [0.05, 0.1) is 5.56 Å². The van der Waals surface area contributed by atoms with E-state index in [2.05, 4.69) is 5.32 Å². The summed E-state index contributed by atoms with van der Waals surface area (Å²) < 4.78 is 45.0. The van der Waals surface area contributed by atoms with Crippen LogP contribution in [0.25, 0.3) is 22.1 Å². The zero-order valence-corrected chi connectivity index (χ0v) is 17.8. The molecule has 3 aromatic carbocycles. The number of carbonyl (C=O) groups excluding carboxylic acids is 1. The van der Waals surface area contributed by atoms with Crippen molar-refractivity contribution in [2.75, 3.05) is 13.1 Å². The van der Waals surface area contributed by atoms with Gasteiger partial charge in [-0.25, -0.2) is 0 Å². The highest BCUT2D eigenvalue weighted by atomic mass is 19.4. The number of fused-ring (bicyclic) bond motifs is 1. The minimum absolute atomic E-state index is 0.171. The molecule has 0 saturated heterocycles. The summed E-state index contributed by atoms with van der Waals surface area (Å²) in [6, 6.07) is 20.0. The molecule has 0 spiro atoms. The number of nitrogens with two attached hydrogens (primary N) is 1. The molecule has 33 heavy (non-hydrogen) atoms. The van der Waals surface area contributed by atoms with E-state index in [1.54, 1.807) is 12.1 Å². The van der Waals surface area contributed by atoms with Crippen molar-refractivity contribution in [1.82, 2.24) is 5.32 Å². The minimum atomic E-state index is -4.39. The quantitative estimate of drug-likeness (QED) is 0.349. The molecule has 4 rings (SSSR count). The van der Waals surface area contributed by atoms with Gasteiger partial charge in [-0.15, -0.1) is 0 Å². The lowest BCUT2D eigenvalue weighted by Gasteiger charge is -2.08. The monoisotopic (exact) mass is 452 g/mol. The van der Waals surface area contributed by atoms with Crippen LogP contribution in [0.5, 0.6) is 0 Å². The van der Waals surface area contributed by atoms with E-state index < -0.39 is 11.7 Å². The van der Waals surface area contributed by atoms with E-state index in [-0.39, 0.29) is 12.3 Å². The number of furan rings is 1. The van der Waals surface area contributed by atoms with Gasteiger partial charge in [-0.1, -0.05) is 42.5 Å². The van der Waals surface area contributed by atoms with Crippen LogP contribution >= 0.6 is 0 Å². The van der Waals surface area contributed by atoms with Crippen molar-refractivity contribution in [2.45, 2.75) is 19.0 Å². The molecule has 7 heteroatoms. The van der Waals surface area contributed by atoms with E-state index in [0.717, 1.165) is 28.6 Å². The molecule has 1 heterocycles. The largest absolute Gasteiger partial charge is 0.461 e. The summed E-state index contributed by atoms with van der Waals surface area (Å²) in [5, 5.41) is 3.68. The number of nitrogens with one attached hydrogen (secondary N) is 1. The summed E-state index contributed by atoms with van der Waals surface area (Å²) in [6.07, 6.45) is -3.45. The van der Waals surface area contributed by atoms with Gasteiger partial charge in [-0.2, -0.15) is 13.2 Å². The number of hydrogen-bond donors (Lipinski definition) is 2. The summed E-state index contributed by atoms with van der Waals surface area (Å²) in [4.78, 5) is 12.4. The summed E-state index contributed by atoms with van der Waals surface area (Å²) in [6.45, 7) is 1.02. The first-order chi connectivity index (χ1) is 15.8. The second-order valence-corrected chi connectivity index (χ2v) is 7.78. The number of benzene rings is 3. The number of halogens is 3. The Labute approximate surface area is 189 Å². The lowest BCUT2D eigenvalue weighted by atomic mass is 9.99. The van der Waals surface area contributed by atoms with Crippen LogP contribution in [0, 0.1) is 0 Å². The van der Waals surface area contributed by atoms with Crippen LogP contribution in [-0.4, -0.2) is 19.0 Å². The number of carbonyl (C=O) groups is 1. The van der Waals surface area contributed by atoms with Crippen LogP contribution in [-0.2, 0) is 12.6 Å². The van der Waals surface area contributed by atoms with E-state index in [4.69, 9.17) is 10.2 Å². The standard InChI is InChI=1S/C26H23F3N2O2/c27-26(28,29)20-8-1-5-17(13-20)14-21-16-23-22(9-3-10-24(23)33-21)18-6-2-7-19(15-18)25(32)31-12-4-11-30/h1-3,5-10,13,15-16H,4,11-12,14,30H2,(H,31,32). The molecular formula is C26H23F3N2O2. The molecule has 0 bridgehead atoms. The first kappa shape index (κ1) is 22.6. The van der Waals surface area contributed by atoms with Crippen molar-refractivity contribution in [1.29, 1.82) is 0 Å². The maximum atomic E-state index is 13.0. The minimum Gasteiger partial charge on any atom is -0.461 e. The van der Waals surface area contributed by atoms with Crippen LogP contribution in [0.1, 0.15) is 33.7 Å². The Bertz CT molecular complexity index is 1280. The molecule has 0 radical (unpaired) electrons. The Kier molecular flexibility index (Phi) is 6.51. The predicted molar refractivity (Wildman–Crippen MR) is 122 cm³/mol. The molecule has 170 valence electrons. The topological polar surface area (TPSA) is 68.3 Å². The van der Waals surface area contributed by atoms with E-state index in [1.807, 2.05) is 42.5 Å². The summed E-state index contributed by atoms with van der Waals surface area (Å²) >= 11 is 0. The van der Waals surface area contributed by atoms with Gasteiger partial charge < -0.3 is 15.5 Å². The third-order valence-electron chi connectivity index (χ3n) is 5.35. The van der Waals surface area contributed by atoms with Gasteiger partial charge in [0.1, 0.15) is 11.3 Å². The van der Waals surface area contributed by atoms with E-state index >= 15 is 0 Å². The highest BCUT2D eigenvalue weighted by Crippen LogP contribution is 2.33. The molecular weight excluding hydrogens is 429 g/mol. The Hall–Kier alpha value is -3.58. The van der Waals surface area contributed by atoms with Gasteiger partial charge >= 0.3 is 6.18 Å². The van der Waals surface area contributed by atoms with Gasteiger partial charge in [0.15, 0.2) is 0 Å². The molecule has 4 aromatic rings. The fraction of sp³-hybridized carbons (Fsp3) is 0.192. The van der Waals surface area contributed by atoms with Crippen LogP contribution in [0.3, 0.4) is 0 Å². The van der Waals surface area contributed by atoms with E-state index in [9.17, 15) is 18.0 Å². The maximum Gasteiger partial charge on any atom is 0.416 e. The average molecular weight is 452 g/mol. The number of rotatable bonds is 7. The van der Waals surface area contributed by atoms with Gasteiger partial charge in [0.2, 0.25) is 0 Å². The van der Waals surface area contributed by atoms with Gasteiger partial charge in [0, 0.05) is 23.9 Å². The second kappa shape index (κ2) is 9.50. The third-order valence-corrected chi connectivity index (χ3v) is 5.35. The summed E-state index contributed by atoms with van der Waals surface area (Å²) in [5.74, 6) is 0.391. The predicted octanol–water partition coefficient (Wildman–Crippen LogP) is 5.79. The number of amides is 1. The van der Waals surface area contributed by atoms with Crippen molar-refractivity contribution in [3.8, 4) is 11.1 Å². The van der Waals surface area contributed by atoms with Crippen molar-refractivity contribution in [2.24, 2.45) is 5.73 Å². The third kappa shape index (κ3) is 5.26. The normalized spacial score (nSPS) is 11.6. The van der Waals surface area contributed by atoms with Crippen molar-refractivity contribution in [3.63, 3.8) is 0 Å². The highest BCUT2D eigenvalue weighted by Gasteiger charge is 2.30. The summed E-state index contributed by atoms with van der Waals surface area (Å²) in [7, 11) is 0. The lowest BCUT2D eigenvalue weighted by molar-refractivity contribution is -0.137. The van der Waals surface area contributed by atoms with Gasteiger partial charge in [0.25, 0.3) is 5.91 Å².